The van der Waals surface area contributed by atoms with Crippen LogP contribution in [-0.2, 0) is 9.53 Å². The van der Waals surface area contributed by atoms with Gasteiger partial charge in [-0.3, -0.25) is 4.79 Å². The fraction of sp³-hybridized carbons (Fsp3) is 0.133. The Morgan fingerprint density at radius 1 is 1.33 bits per heavy atom. The van der Waals surface area contributed by atoms with Crippen molar-refractivity contribution in [1.29, 1.82) is 5.26 Å². The third-order valence-corrected chi connectivity index (χ3v) is 2.91. The summed E-state index contributed by atoms with van der Waals surface area (Å²) in [7, 11) is 2.71. The number of nitriles is 1. The van der Waals surface area contributed by atoms with Gasteiger partial charge in [0, 0.05) is 16.5 Å². The Morgan fingerprint density at radius 2 is 2.10 bits per heavy atom. The molecule has 2 rings (SSSR count). The number of aromatic amines is 1. The first-order valence-corrected chi connectivity index (χ1v) is 6.00. The van der Waals surface area contributed by atoms with Gasteiger partial charge in [-0.15, -0.1) is 0 Å². The number of pyridine rings is 1. The van der Waals surface area contributed by atoms with Crippen LogP contribution in [0.4, 0.5) is 0 Å². The lowest BCUT2D eigenvalue weighted by atomic mass is 10.1. The number of aromatic nitrogens is 1. The van der Waals surface area contributed by atoms with Crippen molar-refractivity contribution < 1.29 is 14.3 Å². The van der Waals surface area contributed by atoms with E-state index in [0.717, 1.165) is 5.39 Å². The molecule has 2 aromatic rings. The molecule has 0 radical (unpaired) electrons. The van der Waals surface area contributed by atoms with Gasteiger partial charge >= 0.3 is 5.97 Å². The molecule has 0 fully saturated rings. The molecule has 1 N–H and O–H groups in total. The molecule has 0 aliphatic carbocycles. The van der Waals surface area contributed by atoms with E-state index in [1.165, 1.54) is 13.2 Å². The molecule has 0 bridgehead atoms. The van der Waals surface area contributed by atoms with Crippen LogP contribution in [0.3, 0.4) is 0 Å². The Morgan fingerprint density at radius 3 is 2.71 bits per heavy atom. The summed E-state index contributed by atoms with van der Waals surface area (Å²) in [6, 6.07) is 8.47. The maximum atomic E-state index is 12.0. The molecule has 1 aromatic heterocycles. The molecule has 0 saturated heterocycles. The number of fused-ring (bicyclic) bond motifs is 1. The molecule has 0 amide bonds. The third kappa shape index (κ3) is 2.92. The number of carbonyl (C=O) groups excluding carboxylic acids is 1. The summed E-state index contributed by atoms with van der Waals surface area (Å²) in [6.07, 6.45) is 1.20. The average molecular weight is 284 g/mol. The largest absolute Gasteiger partial charge is 0.497 e. The van der Waals surface area contributed by atoms with Crippen LogP contribution in [0.15, 0.2) is 34.6 Å². The molecule has 1 heterocycles. The Kier molecular flexibility index (Phi) is 4.05. The van der Waals surface area contributed by atoms with Crippen LogP contribution in [0, 0.1) is 11.3 Å². The zero-order valence-corrected chi connectivity index (χ0v) is 11.5. The van der Waals surface area contributed by atoms with E-state index < -0.39 is 11.5 Å². The van der Waals surface area contributed by atoms with Crippen molar-refractivity contribution in [3.8, 4) is 11.8 Å². The Balaban J connectivity index is 2.61. The first-order valence-electron chi connectivity index (χ1n) is 6.00. The van der Waals surface area contributed by atoms with Crippen LogP contribution in [0.25, 0.3) is 17.0 Å². The first kappa shape index (κ1) is 14.3. The van der Waals surface area contributed by atoms with E-state index >= 15 is 0 Å². The van der Waals surface area contributed by atoms with Crippen molar-refractivity contribution in [2.45, 2.75) is 0 Å². The molecule has 0 atom stereocenters. The van der Waals surface area contributed by atoms with E-state index in [1.54, 1.807) is 37.4 Å². The van der Waals surface area contributed by atoms with Crippen molar-refractivity contribution in [2.24, 2.45) is 0 Å². The van der Waals surface area contributed by atoms with E-state index in [0.29, 0.717) is 11.3 Å². The number of esters is 1. The molecule has 106 valence electrons. The third-order valence-electron chi connectivity index (χ3n) is 2.91. The first-order chi connectivity index (χ1) is 10.1. The second kappa shape index (κ2) is 5.92. The van der Waals surface area contributed by atoms with Gasteiger partial charge in [0.1, 0.15) is 17.4 Å². The number of H-pyrrole nitrogens is 1. The van der Waals surface area contributed by atoms with E-state index in [2.05, 4.69) is 9.72 Å². The number of hydrogen-bond acceptors (Lipinski definition) is 5. The highest BCUT2D eigenvalue weighted by Crippen LogP contribution is 2.19. The van der Waals surface area contributed by atoms with Crippen molar-refractivity contribution in [1.82, 2.24) is 4.98 Å². The second-order valence-corrected chi connectivity index (χ2v) is 4.17. The van der Waals surface area contributed by atoms with Crippen molar-refractivity contribution in [3.63, 3.8) is 0 Å². The predicted molar refractivity (Wildman–Crippen MR) is 76.7 cm³/mol. The highest BCUT2D eigenvalue weighted by molar-refractivity contribution is 5.98. The van der Waals surface area contributed by atoms with Crippen LogP contribution in [0.1, 0.15) is 5.56 Å². The maximum Gasteiger partial charge on any atom is 0.348 e. The summed E-state index contributed by atoms with van der Waals surface area (Å²) in [5.74, 6) is -0.152. The summed E-state index contributed by atoms with van der Waals surface area (Å²) in [5.41, 5.74) is 0.182. The summed E-state index contributed by atoms with van der Waals surface area (Å²) < 4.78 is 9.59. The minimum absolute atomic E-state index is 0.192. The molecule has 6 heteroatoms. The normalized spacial score (nSPS) is 11.0. The van der Waals surface area contributed by atoms with E-state index in [-0.39, 0.29) is 11.1 Å². The maximum absolute atomic E-state index is 12.0. The van der Waals surface area contributed by atoms with Crippen molar-refractivity contribution in [2.75, 3.05) is 14.2 Å². The van der Waals surface area contributed by atoms with Gasteiger partial charge in [-0.1, -0.05) is 0 Å². The summed E-state index contributed by atoms with van der Waals surface area (Å²) in [6.45, 7) is 0. The SMILES string of the molecule is COC(=O)C(C#N)=Cc1cc2cc(OC)ccc2[nH]c1=O. The molecule has 0 saturated carbocycles. The number of carbonyl (C=O) groups is 1. The van der Waals surface area contributed by atoms with Crippen LogP contribution in [0.2, 0.25) is 0 Å². The van der Waals surface area contributed by atoms with Gasteiger partial charge in [0.15, 0.2) is 0 Å². The zero-order valence-electron chi connectivity index (χ0n) is 11.5. The van der Waals surface area contributed by atoms with Gasteiger partial charge in [-0.2, -0.15) is 5.26 Å². The molecule has 0 aliphatic rings. The van der Waals surface area contributed by atoms with Gasteiger partial charge < -0.3 is 14.5 Å². The smallest absolute Gasteiger partial charge is 0.348 e. The van der Waals surface area contributed by atoms with E-state index in [1.807, 2.05) is 0 Å². The number of benzene rings is 1. The lowest BCUT2D eigenvalue weighted by Crippen LogP contribution is -2.11. The Hall–Kier alpha value is -3.07. The molecule has 21 heavy (non-hydrogen) atoms. The number of methoxy groups -OCH3 is 2. The minimum Gasteiger partial charge on any atom is -0.497 e. The van der Waals surface area contributed by atoms with Gasteiger partial charge in [0.05, 0.1) is 14.2 Å². The molecular formula is C15H12N2O4. The zero-order chi connectivity index (χ0) is 15.4. The van der Waals surface area contributed by atoms with Gasteiger partial charge in [0.25, 0.3) is 5.56 Å². The van der Waals surface area contributed by atoms with Crippen LogP contribution < -0.4 is 10.3 Å². The average Bonchev–Trinajstić information content (AvgIpc) is 2.51. The molecule has 0 unspecified atom stereocenters. The topological polar surface area (TPSA) is 92.2 Å². The number of nitrogens with one attached hydrogen (secondary N) is 1. The lowest BCUT2D eigenvalue weighted by molar-refractivity contribution is -0.135. The molecular weight excluding hydrogens is 272 g/mol. The van der Waals surface area contributed by atoms with Crippen LogP contribution >= 0.6 is 0 Å². The summed E-state index contributed by atoms with van der Waals surface area (Å²) in [4.78, 5) is 26.0. The fourth-order valence-corrected chi connectivity index (χ4v) is 1.84. The summed E-state index contributed by atoms with van der Waals surface area (Å²) in [5, 5.41) is 9.65. The van der Waals surface area contributed by atoms with Crippen LogP contribution in [0.5, 0.6) is 5.75 Å². The van der Waals surface area contributed by atoms with Gasteiger partial charge in [-0.05, 0) is 30.3 Å². The van der Waals surface area contributed by atoms with Gasteiger partial charge in [0.2, 0.25) is 0 Å². The van der Waals surface area contributed by atoms with Crippen molar-refractivity contribution in [3.05, 3.63) is 45.8 Å². The number of rotatable bonds is 3. The lowest BCUT2D eigenvalue weighted by Gasteiger charge is -2.03. The quantitative estimate of drug-likeness (QED) is 0.525. The molecule has 6 nitrogen and oxygen atoms in total. The molecule has 0 aliphatic heterocycles. The van der Waals surface area contributed by atoms with E-state index in [9.17, 15) is 9.59 Å². The number of hydrogen-bond donors (Lipinski definition) is 1. The Labute approximate surface area is 120 Å². The number of nitrogens with zero attached hydrogens (tertiary/aromatic N) is 1. The highest BCUT2D eigenvalue weighted by atomic mass is 16.5. The van der Waals surface area contributed by atoms with Crippen molar-refractivity contribution >= 4 is 22.9 Å². The predicted octanol–water partition coefficient (Wildman–Crippen LogP) is 1.62. The van der Waals surface area contributed by atoms with Gasteiger partial charge in [-0.25, -0.2) is 4.79 Å². The standard InChI is InChI=1S/C15H12N2O4/c1-20-12-3-4-13-9(7-12)5-10(14(18)17-13)6-11(8-16)15(19)21-2/h3-7H,1-2H3,(H,17,18). The molecule has 0 spiro atoms. The summed E-state index contributed by atoms with van der Waals surface area (Å²) >= 11 is 0. The van der Waals surface area contributed by atoms with E-state index in [4.69, 9.17) is 10.00 Å². The second-order valence-electron chi connectivity index (χ2n) is 4.17. The fourth-order valence-electron chi connectivity index (χ4n) is 1.84. The molecule has 1 aromatic carbocycles. The monoisotopic (exact) mass is 284 g/mol. The van der Waals surface area contributed by atoms with Crippen LogP contribution in [-0.4, -0.2) is 25.2 Å². The Bertz CT molecular complexity index is 828. The highest BCUT2D eigenvalue weighted by Gasteiger charge is 2.10. The number of ether oxygens (including phenoxy) is 2. The minimum atomic E-state index is -0.789.